The van der Waals surface area contributed by atoms with Gasteiger partial charge >= 0.3 is 0 Å². The van der Waals surface area contributed by atoms with Gasteiger partial charge in [0.25, 0.3) is 0 Å². The average molecular weight is 241 g/mol. The van der Waals surface area contributed by atoms with Gasteiger partial charge in [0.1, 0.15) is 10.6 Å². The Morgan fingerprint density at radius 3 is 2.31 bits per heavy atom. The number of nitrogens with zero attached hydrogens (tertiary/aromatic N) is 1. The summed E-state index contributed by atoms with van der Waals surface area (Å²) >= 11 is 1.80. The molecular weight excluding hydrogens is 218 g/mol. The maximum absolute atomic E-state index is 5.95. The third kappa shape index (κ3) is 2.64. The highest BCUT2D eigenvalue weighted by molar-refractivity contribution is 7.11. The van der Waals surface area contributed by atoms with Crippen LogP contribution in [-0.4, -0.2) is 11.6 Å². The summed E-state index contributed by atoms with van der Waals surface area (Å²) in [6, 6.07) is 0. The number of ether oxygens (including phenoxy) is 1. The molecule has 1 aromatic heterocycles. The van der Waals surface area contributed by atoms with Crippen molar-refractivity contribution >= 4 is 11.3 Å². The van der Waals surface area contributed by atoms with Crippen molar-refractivity contribution in [2.45, 2.75) is 59.0 Å². The molecule has 0 bridgehead atoms. The Bertz CT molecular complexity index is 315. The summed E-state index contributed by atoms with van der Waals surface area (Å²) in [7, 11) is 0. The van der Waals surface area contributed by atoms with Crippen molar-refractivity contribution in [1.29, 1.82) is 0 Å². The number of hydrogen-bond acceptors (Lipinski definition) is 3. The first kappa shape index (κ1) is 13.7. The zero-order valence-electron chi connectivity index (χ0n) is 11.0. The Hall–Kier alpha value is -0.410. The molecule has 3 heteroatoms. The summed E-state index contributed by atoms with van der Waals surface area (Å²) in [5, 5.41) is 1.14. The number of hydrogen-bond donors (Lipinski definition) is 0. The van der Waals surface area contributed by atoms with Crippen molar-refractivity contribution in [3.05, 3.63) is 16.1 Å². The second kappa shape index (κ2) is 5.78. The van der Waals surface area contributed by atoms with Crippen molar-refractivity contribution in [2.75, 3.05) is 6.61 Å². The maximum atomic E-state index is 5.95. The van der Waals surface area contributed by atoms with Crippen molar-refractivity contribution in [3.8, 4) is 0 Å². The van der Waals surface area contributed by atoms with E-state index in [2.05, 4.69) is 39.6 Å². The van der Waals surface area contributed by atoms with Crippen LogP contribution in [0.1, 0.15) is 63.3 Å². The third-order valence-electron chi connectivity index (χ3n) is 3.05. The van der Waals surface area contributed by atoms with E-state index in [-0.39, 0.29) is 5.60 Å². The molecule has 0 radical (unpaired) electrons. The zero-order valence-corrected chi connectivity index (χ0v) is 11.9. The van der Waals surface area contributed by atoms with Crippen LogP contribution in [0.5, 0.6) is 0 Å². The van der Waals surface area contributed by atoms with Crippen molar-refractivity contribution < 1.29 is 4.74 Å². The van der Waals surface area contributed by atoms with Crippen LogP contribution in [0.2, 0.25) is 0 Å². The van der Waals surface area contributed by atoms with Gasteiger partial charge in [0.15, 0.2) is 0 Å². The fourth-order valence-corrected chi connectivity index (χ4v) is 3.06. The Labute approximate surface area is 103 Å². The summed E-state index contributed by atoms with van der Waals surface area (Å²) in [4.78, 5) is 5.91. The van der Waals surface area contributed by atoms with E-state index in [1.165, 1.54) is 4.88 Å². The quantitative estimate of drug-likeness (QED) is 0.740. The number of aromatic nitrogens is 1. The van der Waals surface area contributed by atoms with E-state index < -0.39 is 0 Å². The first-order valence-corrected chi connectivity index (χ1v) is 7.01. The van der Waals surface area contributed by atoms with Gasteiger partial charge in [-0.1, -0.05) is 27.7 Å². The molecule has 0 unspecified atom stereocenters. The van der Waals surface area contributed by atoms with Crippen molar-refractivity contribution in [2.24, 2.45) is 0 Å². The molecule has 2 nitrogen and oxygen atoms in total. The Morgan fingerprint density at radius 2 is 1.94 bits per heavy atom. The van der Waals surface area contributed by atoms with E-state index >= 15 is 0 Å². The molecule has 1 rings (SSSR count). The molecule has 0 atom stereocenters. The Morgan fingerprint density at radius 1 is 1.31 bits per heavy atom. The molecule has 0 saturated carbocycles. The van der Waals surface area contributed by atoms with E-state index in [1.807, 2.05) is 6.20 Å². The van der Waals surface area contributed by atoms with Gasteiger partial charge in [0, 0.05) is 17.7 Å². The Kier molecular flexibility index (Phi) is 4.93. The van der Waals surface area contributed by atoms with Gasteiger partial charge in [-0.05, 0) is 25.7 Å². The minimum atomic E-state index is -0.160. The van der Waals surface area contributed by atoms with E-state index in [1.54, 1.807) is 11.3 Å². The van der Waals surface area contributed by atoms with Gasteiger partial charge in [-0.3, -0.25) is 0 Å². The molecule has 92 valence electrons. The molecule has 0 aliphatic rings. The van der Waals surface area contributed by atoms with Gasteiger partial charge in [0.2, 0.25) is 0 Å². The van der Waals surface area contributed by atoms with E-state index in [9.17, 15) is 0 Å². The summed E-state index contributed by atoms with van der Waals surface area (Å²) in [5.41, 5.74) is -0.160. The minimum Gasteiger partial charge on any atom is -0.368 e. The SMILES string of the molecule is CCOC(CC)(CC)c1ncc(C(C)C)s1. The van der Waals surface area contributed by atoms with Gasteiger partial charge in [-0.2, -0.15) is 0 Å². The monoisotopic (exact) mass is 241 g/mol. The van der Waals surface area contributed by atoms with Crippen LogP contribution in [0.3, 0.4) is 0 Å². The minimum absolute atomic E-state index is 0.160. The molecule has 0 N–H and O–H groups in total. The summed E-state index contributed by atoms with van der Waals surface area (Å²) in [6.07, 6.45) is 3.98. The molecule has 0 aliphatic heterocycles. The van der Waals surface area contributed by atoms with Gasteiger partial charge in [0.05, 0.1) is 0 Å². The van der Waals surface area contributed by atoms with Gasteiger partial charge < -0.3 is 4.74 Å². The zero-order chi connectivity index (χ0) is 12.2. The fraction of sp³-hybridized carbons (Fsp3) is 0.769. The lowest BCUT2D eigenvalue weighted by molar-refractivity contribution is -0.0506. The lowest BCUT2D eigenvalue weighted by Crippen LogP contribution is -2.28. The molecule has 1 aromatic rings. The van der Waals surface area contributed by atoms with Crippen LogP contribution in [0.15, 0.2) is 6.20 Å². The van der Waals surface area contributed by atoms with Crippen LogP contribution >= 0.6 is 11.3 Å². The second-order valence-corrected chi connectivity index (χ2v) is 5.42. The topological polar surface area (TPSA) is 22.1 Å². The molecule has 16 heavy (non-hydrogen) atoms. The summed E-state index contributed by atoms with van der Waals surface area (Å²) in [5.74, 6) is 0.555. The van der Waals surface area contributed by atoms with Gasteiger partial charge in [-0.25, -0.2) is 4.98 Å². The lowest BCUT2D eigenvalue weighted by atomic mass is 9.98. The Balaban J connectivity index is 3.00. The van der Waals surface area contributed by atoms with Crippen LogP contribution in [0, 0.1) is 0 Å². The van der Waals surface area contributed by atoms with Crippen LogP contribution in [0.25, 0.3) is 0 Å². The van der Waals surface area contributed by atoms with Crippen LogP contribution in [0.4, 0.5) is 0 Å². The molecular formula is C13H23NOS. The van der Waals surface area contributed by atoms with Crippen LogP contribution < -0.4 is 0 Å². The second-order valence-electron chi connectivity index (χ2n) is 4.36. The summed E-state index contributed by atoms with van der Waals surface area (Å²) in [6.45, 7) is 11.6. The molecule has 0 aromatic carbocycles. The molecule has 0 aliphatic carbocycles. The average Bonchev–Trinajstić information content (AvgIpc) is 2.76. The highest BCUT2D eigenvalue weighted by Gasteiger charge is 2.32. The van der Waals surface area contributed by atoms with Crippen molar-refractivity contribution in [3.63, 3.8) is 0 Å². The standard InChI is InChI=1S/C13H23NOS/c1-6-13(7-2,15-8-3)12-14-9-11(16-12)10(4)5/h9-10H,6-8H2,1-5H3. The molecule has 0 spiro atoms. The van der Waals surface area contributed by atoms with E-state index in [4.69, 9.17) is 4.74 Å². The third-order valence-corrected chi connectivity index (χ3v) is 4.53. The van der Waals surface area contributed by atoms with Gasteiger partial charge in [-0.15, -0.1) is 11.3 Å². The fourth-order valence-electron chi connectivity index (χ4n) is 1.86. The van der Waals surface area contributed by atoms with E-state index in [0.717, 1.165) is 24.5 Å². The molecule has 1 heterocycles. The smallest absolute Gasteiger partial charge is 0.125 e. The predicted molar refractivity (Wildman–Crippen MR) is 70.1 cm³/mol. The highest BCUT2D eigenvalue weighted by atomic mass is 32.1. The molecule has 0 amide bonds. The van der Waals surface area contributed by atoms with E-state index in [0.29, 0.717) is 5.92 Å². The number of thiazole rings is 1. The highest BCUT2D eigenvalue weighted by Crippen LogP contribution is 2.37. The predicted octanol–water partition coefficient (Wildman–Crippen LogP) is 4.32. The molecule has 0 fully saturated rings. The first-order valence-electron chi connectivity index (χ1n) is 6.19. The molecule has 0 saturated heterocycles. The largest absolute Gasteiger partial charge is 0.368 e. The first-order chi connectivity index (χ1) is 7.59. The van der Waals surface area contributed by atoms with Crippen LogP contribution in [-0.2, 0) is 10.3 Å². The normalized spacial score (nSPS) is 12.4. The lowest BCUT2D eigenvalue weighted by Gasteiger charge is -2.29. The van der Waals surface area contributed by atoms with Crippen molar-refractivity contribution in [1.82, 2.24) is 4.98 Å². The maximum Gasteiger partial charge on any atom is 0.125 e. The summed E-state index contributed by atoms with van der Waals surface area (Å²) < 4.78 is 5.95. The number of rotatable bonds is 6.